The Kier molecular flexibility index (Phi) is 14.2. The van der Waals surface area contributed by atoms with Crippen LogP contribution in [0.1, 0.15) is 78.7 Å². The summed E-state index contributed by atoms with van der Waals surface area (Å²) in [7, 11) is -1.25. The van der Waals surface area contributed by atoms with Crippen LogP contribution in [-0.4, -0.2) is 76.5 Å². The van der Waals surface area contributed by atoms with E-state index < -0.39 is 13.7 Å². The molecule has 1 unspecified atom stereocenters. The number of Topliss-reactive ketones (excluding diaryl/α,β-unsaturated/α-hetero) is 1. The maximum Gasteiger partial charge on any atom is 0.410 e. The van der Waals surface area contributed by atoms with Gasteiger partial charge in [0, 0.05) is 86.2 Å². The highest BCUT2D eigenvalue weighted by atomic mass is 32.2. The Balaban J connectivity index is 1.61. The van der Waals surface area contributed by atoms with Gasteiger partial charge in [-0.2, -0.15) is 0 Å². The monoisotopic (exact) mass is 721 g/mol. The molecule has 0 saturated carbocycles. The molecule has 1 amide bonds. The predicted octanol–water partition coefficient (Wildman–Crippen LogP) is 9.74. The number of rotatable bonds is 17. The second-order valence-electron chi connectivity index (χ2n) is 15.8. The van der Waals surface area contributed by atoms with E-state index in [0.717, 1.165) is 70.1 Å². The summed E-state index contributed by atoms with van der Waals surface area (Å²) in [5.41, 5.74) is 3.12. The number of piperidine rings is 1. The van der Waals surface area contributed by atoms with Crippen LogP contribution in [0.25, 0.3) is 28.2 Å². The van der Waals surface area contributed by atoms with Crippen LogP contribution in [0.5, 0.6) is 0 Å². The maximum absolute atomic E-state index is 12.8. The average molecular weight is 722 g/mol. The van der Waals surface area contributed by atoms with Crippen molar-refractivity contribution in [1.82, 2.24) is 19.4 Å². The molecular formula is C39H59N5O4SSi. The molecule has 1 aromatic carbocycles. The van der Waals surface area contributed by atoms with Gasteiger partial charge in [0.25, 0.3) is 0 Å². The van der Waals surface area contributed by atoms with Crippen molar-refractivity contribution in [3.63, 3.8) is 0 Å². The molecule has 1 aliphatic rings. The molecule has 1 aliphatic heterocycles. The van der Waals surface area contributed by atoms with Crippen LogP contribution in [-0.2, 0) is 21.0 Å². The number of likely N-dealkylation sites (tertiary alicyclic amines) is 1. The summed E-state index contributed by atoms with van der Waals surface area (Å²) >= 11 is 1.73. The zero-order valence-electron chi connectivity index (χ0n) is 31.6. The fourth-order valence-electron chi connectivity index (χ4n) is 5.88. The number of hydrogen-bond donors (Lipinski definition) is 1. The lowest BCUT2D eigenvalue weighted by molar-refractivity contribution is -0.118. The number of carbonyl (C=O) groups excluding carboxylic acids is 2. The molecule has 3 aromatic rings. The molecule has 50 heavy (non-hydrogen) atoms. The molecule has 11 heteroatoms. The third-order valence-electron chi connectivity index (χ3n) is 9.04. The molecule has 1 saturated heterocycles. The van der Waals surface area contributed by atoms with Crippen LogP contribution in [0.2, 0.25) is 25.7 Å². The number of amides is 1. The number of nitrogens with zero attached hydrogens (tertiary/aromatic N) is 4. The number of hydrogen-bond acceptors (Lipinski definition) is 8. The SMILES string of the molecule is C=Cc1cnc(N[C@H]2CCCN(C(=O)OC(C)(C)C)C2)nc1-c1cn(COCC[Si](C)(C)C)c2c(SCCC(=O)CCC(C)CC)cccc12. The normalized spacial score (nSPS) is 16.0. The van der Waals surface area contributed by atoms with Crippen LogP contribution < -0.4 is 5.32 Å². The lowest BCUT2D eigenvalue weighted by Gasteiger charge is -2.34. The van der Waals surface area contributed by atoms with Crippen LogP contribution >= 0.6 is 11.8 Å². The second-order valence-corrected chi connectivity index (χ2v) is 22.6. The third-order valence-corrected chi connectivity index (χ3v) is 11.8. The van der Waals surface area contributed by atoms with Crippen molar-refractivity contribution in [2.75, 3.05) is 30.8 Å². The number of aromatic nitrogens is 3. The van der Waals surface area contributed by atoms with Gasteiger partial charge in [-0.15, -0.1) is 11.8 Å². The van der Waals surface area contributed by atoms with E-state index >= 15 is 0 Å². The fourth-order valence-corrected chi connectivity index (χ4v) is 7.73. The Morgan fingerprint density at radius 1 is 1.22 bits per heavy atom. The predicted molar refractivity (Wildman–Crippen MR) is 211 cm³/mol. The fraction of sp³-hybridized carbons (Fsp3) is 0.590. The lowest BCUT2D eigenvalue weighted by atomic mass is 10.0. The number of ketones is 1. The van der Waals surface area contributed by atoms with Crippen LogP contribution in [0.3, 0.4) is 0 Å². The molecule has 0 spiro atoms. The number of ether oxygens (including phenoxy) is 2. The first-order chi connectivity index (χ1) is 23.7. The van der Waals surface area contributed by atoms with Gasteiger partial charge in [-0.05, 0) is 58.1 Å². The smallest absolute Gasteiger partial charge is 0.410 e. The minimum atomic E-state index is -1.25. The Bertz CT molecular complexity index is 1610. The highest BCUT2D eigenvalue weighted by molar-refractivity contribution is 7.99. The molecule has 274 valence electrons. The van der Waals surface area contributed by atoms with Gasteiger partial charge in [-0.25, -0.2) is 14.8 Å². The van der Waals surface area contributed by atoms with E-state index in [1.807, 2.05) is 27.0 Å². The molecule has 4 rings (SSSR count). The van der Waals surface area contributed by atoms with Crippen molar-refractivity contribution >= 4 is 54.6 Å². The van der Waals surface area contributed by atoms with Crippen molar-refractivity contribution in [2.45, 2.75) is 122 Å². The standard InChI is InChI=1S/C39H59N5O4SSi/c1-10-28(3)17-18-31(45)19-22-49-34-16-12-15-32-33(26-44(36(32)34)27-47-21-23-50(7,8)9)35-29(11-2)24-40-37(42-35)41-30-14-13-20-43(25-30)38(46)48-39(4,5)6/h11-12,15-16,24,26,28,30H,2,10,13-14,17-23,25,27H2,1,3-9H3,(H,40,41,42)/t28?,30-/m0/s1. The summed E-state index contributed by atoms with van der Waals surface area (Å²) in [6, 6.07) is 7.44. The Hall–Kier alpha value is -3.15. The van der Waals surface area contributed by atoms with Crippen molar-refractivity contribution in [3.05, 3.63) is 42.7 Å². The van der Waals surface area contributed by atoms with E-state index in [-0.39, 0.29) is 12.1 Å². The van der Waals surface area contributed by atoms with Gasteiger partial charge >= 0.3 is 6.09 Å². The molecule has 9 nitrogen and oxygen atoms in total. The van der Waals surface area contributed by atoms with Crippen LogP contribution in [0.15, 0.2) is 42.1 Å². The van der Waals surface area contributed by atoms with Gasteiger partial charge in [-0.3, -0.25) is 4.79 Å². The summed E-state index contributed by atoms with van der Waals surface area (Å²) in [5.74, 6) is 2.15. The molecule has 3 heterocycles. The second kappa shape index (κ2) is 17.9. The summed E-state index contributed by atoms with van der Waals surface area (Å²) in [4.78, 5) is 38.1. The number of benzene rings is 1. The largest absolute Gasteiger partial charge is 0.444 e. The molecule has 1 N–H and O–H groups in total. The van der Waals surface area contributed by atoms with E-state index in [2.05, 4.69) is 79.3 Å². The highest BCUT2D eigenvalue weighted by Crippen LogP contribution is 2.38. The van der Waals surface area contributed by atoms with Crippen molar-refractivity contribution in [1.29, 1.82) is 0 Å². The molecule has 2 aromatic heterocycles. The molecule has 0 aliphatic carbocycles. The molecule has 0 bridgehead atoms. The molecule has 2 atom stereocenters. The van der Waals surface area contributed by atoms with Gasteiger partial charge in [0.2, 0.25) is 5.95 Å². The number of thioether (sulfide) groups is 1. The minimum Gasteiger partial charge on any atom is -0.444 e. The van der Waals surface area contributed by atoms with Crippen molar-refractivity contribution < 1.29 is 19.1 Å². The van der Waals surface area contributed by atoms with E-state index in [1.165, 1.54) is 0 Å². The Morgan fingerprint density at radius 3 is 2.70 bits per heavy atom. The highest BCUT2D eigenvalue weighted by Gasteiger charge is 2.28. The van der Waals surface area contributed by atoms with Gasteiger partial charge in [-0.1, -0.05) is 64.7 Å². The van der Waals surface area contributed by atoms with E-state index in [0.29, 0.717) is 56.9 Å². The molecular weight excluding hydrogens is 663 g/mol. The summed E-state index contributed by atoms with van der Waals surface area (Å²) in [5, 5.41) is 4.57. The summed E-state index contributed by atoms with van der Waals surface area (Å²) in [6.45, 7) is 23.5. The van der Waals surface area contributed by atoms with Gasteiger partial charge in [0.1, 0.15) is 18.1 Å². The van der Waals surface area contributed by atoms with E-state index in [9.17, 15) is 9.59 Å². The average Bonchev–Trinajstić information content (AvgIpc) is 3.43. The van der Waals surface area contributed by atoms with Gasteiger partial charge in [0.15, 0.2) is 0 Å². The Morgan fingerprint density at radius 2 is 2.00 bits per heavy atom. The number of nitrogens with one attached hydrogen (secondary N) is 1. The van der Waals surface area contributed by atoms with Crippen LogP contribution in [0, 0.1) is 5.92 Å². The third kappa shape index (κ3) is 11.7. The summed E-state index contributed by atoms with van der Waals surface area (Å²) < 4.78 is 14.1. The number of carbonyl (C=O) groups is 2. The number of para-hydroxylation sites is 1. The van der Waals surface area contributed by atoms with E-state index in [1.54, 1.807) is 22.7 Å². The first-order valence-corrected chi connectivity index (χ1v) is 22.9. The lowest BCUT2D eigenvalue weighted by Crippen LogP contribution is -2.47. The summed E-state index contributed by atoms with van der Waals surface area (Å²) in [6.07, 6.45) is 10.5. The van der Waals surface area contributed by atoms with Crippen molar-refractivity contribution in [2.24, 2.45) is 5.92 Å². The van der Waals surface area contributed by atoms with Crippen LogP contribution in [0.4, 0.5) is 10.7 Å². The molecule has 1 fully saturated rings. The number of anilines is 1. The quantitative estimate of drug-likeness (QED) is 0.0836. The minimum absolute atomic E-state index is 0.00398. The van der Waals surface area contributed by atoms with Gasteiger partial charge < -0.3 is 24.3 Å². The molecule has 0 radical (unpaired) electrons. The topological polar surface area (TPSA) is 98.6 Å². The Labute approximate surface area is 305 Å². The first kappa shape index (κ1) is 39.6. The zero-order chi connectivity index (χ0) is 36.5. The maximum atomic E-state index is 12.8. The van der Waals surface area contributed by atoms with Gasteiger partial charge in [0.05, 0.1) is 11.2 Å². The number of fused-ring (bicyclic) bond motifs is 1. The van der Waals surface area contributed by atoms with Crippen molar-refractivity contribution in [3.8, 4) is 11.3 Å². The first-order valence-electron chi connectivity index (χ1n) is 18.3. The van der Waals surface area contributed by atoms with E-state index in [4.69, 9.17) is 14.5 Å². The zero-order valence-corrected chi connectivity index (χ0v) is 33.5.